The first-order valence-electron chi connectivity index (χ1n) is 8.52. The molecule has 2 nitrogen and oxygen atoms in total. The molecule has 0 aliphatic carbocycles. The van der Waals surface area contributed by atoms with Gasteiger partial charge in [0.05, 0.1) is 6.61 Å². The average Bonchev–Trinajstić information content (AvgIpc) is 2.62. The van der Waals surface area contributed by atoms with Crippen LogP contribution in [0.25, 0.3) is 0 Å². The number of hydrogen-bond acceptors (Lipinski definition) is 2. The molecule has 0 amide bonds. The highest BCUT2D eigenvalue weighted by Crippen LogP contribution is 2.16. The Balaban J connectivity index is 1.35. The van der Waals surface area contributed by atoms with Gasteiger partial charge in [-0.2, -0.15) is 0 Å². The van der Waals surface area contributed by atoms with Crippen LogP contribution in [0, 0.1) is 0 Å². The first-order chi connectivity index (χ1) is 11.4. The molecule has 0 saturated heterocycles. The zero-order chi connectivity index (χ0) is 15.7. The molecule has 0 aromatic heterocycles. The van der Waals surface area contributed by atoms with Crippen LogP contribution in [0.4, 0.5) is 0 Å². The summed E-state index contributed by atoms with van der Waals surface area (Å²) in [5, 5.41) is 0. The van der Waals surface area contributed by atoms with Crippen molar-refractivity contribution in [3.63, 3.8) is 0 Å². The second-order valence-corrected chi connectivity index (χ2v) is 6.09. The molecule has 0 saturated carbocycles. The van der Waals surface area contributed by atoms with Crippen molar-refractivity contribution in [2.24, 2.45) is 0 Å². The zero-order valence-corrected chi connectivity index (χ0v) is 13.7. The quantitative estimate of drug-likeness (QED) is 0.557. The highest BCUT2D eigenvalue weighted by molar-refractivity contribution is 5.23. The summed E-state index contributed by atoms with van der Waals surface area (Å²) in [7, 11) is 0. The lowest BCUT2D eigenvalue weighted by Crippen LogP contribution is -2.30. The highest BCUT2D eigenvalue weighted by Gasteiger charge is 2.11. The van der Waals surface area contributed by atoms with Crippen LogP contribution in [-0.2, 0) is 6.42 Å². The summed E-state index contributed by atoms with van der Waals surface area (Å²) in [4.78, 5) is 2.52. The van der Waals surface area contributed by atoms with Gasteiger partial charge in [0, 0.05) is 19.6 Å². The van der Waals surface area contributed by atoms with Gasteiger partial charge in [0.25, 0.3) is 0 Å². The van der Waals surface area contributed by atoms with Crippen molar-refractivity contribution in [1.82, 2.24) is 4.90 Å². The van der Waals surface area contributed by atoms with Gasteiger partial charge in [0.1, 0.15) is 5.75 Å². The number of benzene rings is 2. The first-order valence-corrected chi connectivity index (χ1v) is 8.52. The summed E-state index contributed by atoms with van der Waals surface area (Å²) in [6, 6.07) is 20.8. The van der Waals surface area contributed by atoms with Crippen LogP contribution in [-0.4, -0.2) is 31.1 Å². The second-order valence-electron chi connectivity index (χ2n) is 6.09. The van der Waals surface area contributed by atoms with Gasteiger partial charge >= 0.3 is 0 Å². The second kappa shape index (κ2) is 8.54. The molecule has 0 unspecified atom stereocenters. The lowest BCUT2D eigenvalue weighted by atomic mass is 9.99. The molecule has 0 fully saturated rings. The summed E-state index contributed by atoms with van der Waals surface area (Å²) in [5.74, 6) is 0.969. The monoisotopic (exact) mass is 307 g/mol. The van der Waals surface area contributed by atoms with Gasteiger partial charge in [-0.1, -0.05) is 60.2 Å². The maximum Gasteiger partial charge on any atom is 0.119 e. The Hall–Kier alpha value is -2.06. The van der Waals surface area contributed by atoms with Crippen LogP contribution in [0.2, 0.25) is 0 Å². The third kappa shape index (κ3) is 5.26. The summed E-state index contributed by atoms with van der Waals surface area (Å²) in [5.41, 5.74) is 3.00. The molecule has 1 aliphatic rings. The minimum atomic E-state index is 0.793. The number of nitrogens with zero attached hydrogens (tertiary/aromatic N) is 1. The lowest BCUT2D eigenvalue weighted by Gasteiger charge is -2.26. The first kappa shape index (κ1) is 15.8. The molecular formula is C21H25NO. The third-order valence-corrected chi connectivity index (χ3v) is 4.29. The minimum Gasteiger partial charge on any atom is -0.494 e. The van der Waals surface area contributed by atoms with Gasteiger partial charge in [0.2, 0.25) is 0 Å². The molecule has 0 radical (unpaired) electrons. The topological polar surface area (TPSA) is 12.5 Å². The summed E-state index contributed by atoms with van der Waals surface area (Å²) in [6.45, 7) is 4.15. The van der Waals surface area contributed by atoms with Crippen LogP contribution in [0.5, 0.6) is 5.75 Å². The van der Waals surface area contributed by atoms with E-state index < -0.39 is 0 Å². The fourth-order valence-electron chi connectivity index (χ4n) is 2.97. The van der Waals surface area contributed by atoms with Gasteiger partial charge in [0.15, 0.2) is 0 Å². The van der Waals surface area contributed by atoms with E-state index in [1.165, 1.54) is 18.5 Å². The predicted molar refractivity (Wildman–Crippen MR) is 95.8 cm³/mol. The molecule has 2 heteroatoms. The molecule has 2 aromatic rings. The Morgan fingerprint density at radius 3 is 2.35 bits per heavy atom. The smallest absolute Gasteiger partial charge is 0.119 e. The van der Waals surface area contributed by atoms with Gasteiger partial charge in [-0.05, 0) is 37.0 Å². The van der Waals surface area contributed by atoms with Crippen molar-refractivity contribution in [3.8, 4) is 5.75 Å². The maximum absolute atomic E-state index is 5.76. The van der Waals surface area contributed by atoms with Gasteiger partial charge in [-0.25, -0.2) is 0 Å². The third-order valence-electron chi connectivity index (χ3n) is 4.29. The molecule has 0 spiro atoms. The van der Waals surface area contributed by atoms with Crippen molar-refractivity contribution in [2.75, 3.05) is 26.2 Å². The molecule has 3 rings (SSSR count). The van der Waals surface area contributed by atoms with Gasteiger partial charge < -0.3 is 4.74 Å². The number of rotatable bonds is 7. The van der Waals surface area contributed by atoms with E-state index in [4.69, 9.17) is 4.74 Å². The molecule has 0 bridgehead atoms. The van der Waals surface area contributed by atoms with E-state index in [1.807, 2.05) is 30.3 Å². The zero-order valence-electron chi connectivity index (χ0n) is 13.7. The Kier molecular flexibility index (Phi) is 5.87. The standard InChI is InChI=1S/C21H25NO/c1-3-8-19(9-4-1)18-20-12-15-22(16-13-20)14-7-17-23-21-10-5-2-6-11-21/h1-6,8-12H,7,13-18H2. The molecule has 120 valence electrons. The molecule has 23 heavy (non-hydrogen) atoms. The highest BCUT2D eigenvalue weighted by atomic mass is 16.5. The average molecular weight is 307 g/mol. The van der Waals surface area contributed by atoms with Gasteiger partial charge in [-0.3, -0.25) is 4.90 Å². The van der Waals surface area contributed by atoms with Crippen LogP contribution < -0.4 is 4.74 Å². The fourth-order valence-corrected chi connectivity index (χ4v) is 2.97. The van der Waals surface area contributed by atoms with E-state index in [2.05, 4.69) is 41.3 Å². The molecule has 1 heterocycles. The Bertz CT molecular complexity index is 606. The molecule has 0 atom stereocenters. The van der Waals surface area contributed by atoms with Crippen LogP contribution >= 0.6 is 0 Å². The predicted octanol–water partition coefficient (Wildman–Crippen LogP) is 4.33. The molecule has 1 aliphatic heterocycles. The Morgan fingerprint density at radius 1 is 0.913 bits per heavy atom. The number of hydrogen-bond donors (Lipinski definition) is 0. The van der Waals surface area contributed by atoms with E-state index in [1.54, 1.807) is 5.57 Å². The minimum absolute atomic E-state index is 0.793. The van der Waals surface area contributed by atoms with Crippen LogP contribution in [0.3, 0.4) is 0 Å². The van der Waals surface area contributed by atoms with E-state index in [9.17, 15) is 0 Å². The largest absolute Gasteiger partial charge is 0.494 e. The SMILES string of the molecule is C1=C(Cc2ccccc2)CCN(CCCOc2ccccc2)C1. The number of ether oxygens (including phenoxy) is 1. The fraction of sp³-hybridized carbons (Fsp3) is 0.333. The van der Waals surface area contributed by atoms with Crippen molar-refractivity contribution in [3.05, 3.63) is 77.9 Å². The van der Waals surface area contributed by atoms with E-state index in [0.29, 0.717) is 0 Å². The molecule has 2 aromatic carbocycles. The van der Waals surface area contributed by atoms with Crippen molar-refractivity contribution >= 4 is 0 Å². The molecule has 0 N–H and O–H groups in total. The van der Waals surface area contributed by atoms with Crippen molar-refractivity contribution in [2.45, 2.75) is 19.3 Å². The van der Waals surface area contributed by atoms with Crippen molar-refractivity contribution in [1.29, 1.82) is 0 Å². The maximum atomic E-state index is 5.76. The molecular weight excluding hydrogens is 282 g/mol. The van der Waals surface area contributed by atoms with Crippen molar-refractivity contribution < 1.29 is 4.74 Å². The summed E-state index contributed by atoms with van der Waals surface area (Å²) < 4.78 is 5.76. The lowest BCUT2D eigenvalue weighted by molar-refractivity contribution is 0.244. The summed E-state index contributed by atoms with van der Waals surface area (Å²) in [6.07, 6.45) is 5.78. The summed E-state index contributed by atoms with van der Waals surface area (Å²) >= 11 is 0. The van der Waals surface area contributed by atoms with Crippen LogP contribution in [0.1, 0.15) is 18.4 Å². The normalized spacial score (nSPS) is 15.2. The Labute approximate surface area is 139 Å². The Morgan fingerprint density at radius 2 is 1.65 bits per heavy atom. The van der Waals surface area contributed by atoms with E-state index in [-0.39, 0.29) is 0 Å². The van der Waals surface area contributed by atoms with Crippen LogP contribution in [0.15, 0.2) is 72.3 Å². The number of para-hydroxylation sites is 1. The van der Waals surface area contributed by atoms with Gasteiger partial charge in [-0.15, -0.1) is 0 Å². The van der Waals surface area contributed by atoms with E-state index >= 15 is 0 Å². The van der Waals surface area contributed by atoms with E-state index in [0.717, 1.165) is 38.3 Å².